The molecule has 1 aromatic rings. The van der Waals surface area contributed by atoms with E-state index in [1.54, 1.807) is 0 Å². The molecule has 0 aliphatic heterocycles. The summed E-state index contributed by atoms with van der Waals surface area (Å²) in [4.78, 5) is 10.3. The molecule has 0 aliphatic carbocycles. The number of carboxylic acid groups (broad SMARTS) is 1. The van der Waals surface area contributed by atoms with E-state index in [4.69, 9.17) is 5.11 Å². The summed E-state index contributed by atoms with van der Waals surface area (Å²) in [6.07, 6.45) is 6.94. The summed E-state index contributed by atoms with van der Waals surface area (Å²) in [6.45, 7) is 2.17. The Morgan fingerprint density at radius 3 is 2.56 bits per heavy atom. The molecule has 0 fully saturated rings. The first-order valence-electron chi connectivity index (χ1n) is 5.69. The van der Waals surface area contributed by atoms with Gasteiger partial charge in [0.15, 0.2) is 0 Å². The molecule has 0 unspecified atom stereocenters. The zero-order valence-corrected chi connectivity index (χ0v) is 9.65. The van der Waals surface area contributed by atoms with Gasteiger partial charge in [0, 0.05) is 6.42 Å². The lowest BCUT2D eigenvalue weighted by Crippen LogP contribution is -1.91. The standard InChI is InChI=1S/C14H18O2/c1-2-5-12-8-10-13(11-9-12)6-3-4-7-14(15)16/h3,6,8-11H,2,4-5,7H2,1H3,(H,15,16)/b6-3+. The van der Waals surface area contributed by atoms with E-state index in [1.807, 2.05) is 12.2 Å². The number of rotatable bonds is 6. The lowest BCUT2D eigenvalue weighted by Gasteiger charge is -1.98. The van der Waals surface area contributed by atoms with Crippen molar-refractivity contribution in [1.82, 2.24) is 0 Å². The Kier molecular flexibility index (Phi) is 5.34. The van der Waals surface area contributed by atoms with E-state index in [-0.39, 0.29) is 6.42 Å². The van der Waals surface area contributed by atoms with Gasteiger partial charge in [-0.25, -0.2) is 0 Å². The van der Waals surface area contributed by atoms with Gasteiger partial charge in [-0.05, 0) is 24.0 Å². The third-order valence-corrected chi connectivity index (χ3v) is 2.35. The average molecular weight is 218 g/mol. The minimum Gasteiger partial charge on any atom is -0.481 e. The molecule has 2 heteroatoms. The predicted octanol–water partition coefficient (Wildman–Crippen LogP) is 3.52. The van der Waals surface area contributed by atoms with Crippen molar-refractivity contribution in [2.75, 3.05) is 0 Å². The molecule has 1 aromatic carbocycles. The molecule has 0 aromatic heterocycles. The van der Waals surface area contributed by atoms with Crippen molar-refractivity contribution in [3.63, 3.8) is 0 Å². The van der Waals surface area contributed by atoms with Crippen LogP contribution < -0.4 is 0 Å². The number of benzene rings is 1. The third kappa shape index (κ3) is 4.78. The zero-order valence-electron chi connectivity index (χ0n) is 9.65. The fraction of sp³-hybridized carbons (Fsp3) is 0.357. The molecule has 0 bridgehead atoms. The largest absolute Gasteiger partial charge is 0.481 e. The molecule has 0 amide bonds. The minimum absolute atomic E-state index is 0.199. The summed E-state index contributed by atoms with van der Waals surface area (Å²) in [7, 11) is 0. The van der Waals surface area contributed by atoms with Crippen LogP contribution in [0.4, 0.5) is 0 Å². The van der Waals surface area contributed by atoms with Crippen LogP contribution >= 0.6 is 0 Å². The van der Waals surface area contributed by atoms with E-state index in [0.717, 1.165) is 18.4 Å². The van der Waals surface area contributed by atoms with E-state index in [1.165, 1.54) is 5.56 Å². The number of hydrogen-bond donors (Lipinski definition) is 1. The van der Waals surface area contributed by atoms with Gasteiger partial charge in [-0.3, -0.25) is 4.79 Å². The van der Waals surface area contributed by atoms with E-state index < -0.39 is 5.97 Å². The Balaban J connectivity index is 2.45. The van der Waals surface area contributed by atoms with Crippen LogP contribution in [0, 0.1) is 0 Å². The zero-order chi connectivity index (χ0) is 11.8. The monoisotopic (exact) mass is 218 g/mol. The van der Waals surface area contributed by atoms with Gasteiger partial charge >= 0.3 is 5.97 Å². The number of aryl methyl sites for hydroxylation is 1. The number of allylic oxidation sites excluding steroid dienone is 1. The maximum Gasteiger partial charge on any atom is 0.303 e. The van der Waals surface area contributed by atoms with Crippen molar-refractivity contribution in [2.45, 2.75) is 32.6 Å². The van der Waals surface area contributed by atoms with Gasteiger partial charge in [0.2, 0.25) is 0 Å². The second kappa shape index (κ2) is 6.83. The van der Waals surface area contributed by atoms with Crippen molar-refractivity contribution in [1.29, 1.82) is 0 Å². The van der Waals surface area contributed by atoms with Gasteiger partial charge < -0.3 is 5.11 Å². The molecule has 86 valence electrons. The van der Waals surface area contributed by atoms with Crippen molar-refractivity contribution in [2.24, 2.45) is 0 Å². The molecule has 16 heavy (non-hydrogen) atoms. The Labute approximate surface area is 96.6 Å². The number of hydrogen-bond acceptors (Lipinski definition) is 1. The van der Waals surface area contributed by atoms with E-state index >= 15 is 0 Å². The van der Waals surface area contributed by atoms with Gasteiger partial charge in [-0.1, -0.05) is 49.8 Å². The summed E-state index contributed by atoms with van der Waals surface area (Å²) in [5.41, 5.74) is 2.48. The van der Waals surface area contributed by atoms with Gasteiger partial charge in [-0.15, -0.1) is 0 Å². The second-order valence-electron chi connectivity index (χ2n) is 3.83. The first kappa shape index (κ1) is 12.5. The molecule has 1 N–H and O–H groups in total. The number of carbonyl (C=O) groups is 1. The Morgan fingerprint density at radius 2 is 2.00 bits per heavy atom. The fourth-order valence-corrected chi connectivity index (χ4v) is 1.51. The van der Waals surface area contributed by atoms with Crippen molar-refractivity contribution >= 4 is 12.0 Å². The molecule has 0 saturated carbocycles. The van der Waals surface area contributed by atoms with Crippen LogP contribution in [0.1, 0.15) is 37.3 Å². The van der Waals surface area contributed by atoms with Crippen LogP contribution in [0.3, 0.4) is 0 Å². The van der Waals surface area contributed by atoms with E-state index in [2.05, 4.69) is 31.2 Å². The quantitative estimate of drug-likeness (QED) is 0.793. The normalized spacial score (nSPS) is 10.8. The van der Waals surface area contributed by atoms with E-state index in [9.17, 15) is 4.79 Å². The summed E-state index contributed by atoms with van der Waals surface area (Å²) < 4.78 is 0. The first-order chi connectivity index (χ1) is 7.72. The highest BCUT2D eigenvalue weighted by atomic mass is 16.4. The SMILES string of the molecule is CCCc1ccc(/C=C/CCC(=O)O)cc1. The second-order valence-corrected chi connectivity index (χ2v) is 3.83. The highest BCUT2D eigenvalue weighted by Gasteiger charge is 1.93. The molecule has 0 radical (unpaired) electrons. The Bertz CT molecular complexity index is 350. The number of carboxylic acids is 1. The van der Waals surface area contributed by atoms with Crippen LogP contribution in [0.25, 0.3) is 6.08 Å². The van der Waals surface area contributed by atoms with Crippen LogP contribution in [0.15, 0.2) is 30.3 Å². The van der Waals surface area contributed by atoms with Crippen LogP contribution in [-0.2, 0) is 11.2 Å². The first-order valence-corrected chi connectivity index (χ1v) is 5.69. The lowest BCUT2D eigenvalue weighted by atomic mass is 10.1. The van der Waals surface area contributed by atoms with Gasteiger partial charge in [0.05, 0.1) is 0 Å². The van der Waals surface area contributed by atoms with Crippen LogP contribution in [0.2, 0.25) is 0 Å². The summed E-state index contributed by atoms with van der Waals surface area (Å²) in [6, 6.07) is 8.39. The van der Waals surface area contributed by atoms with E-state index in [0.29, 0.717) is 6.42 Å². The van der Waals surface area contributed by atoms with Gasteiger partial charge in [0.25, 0.3) is 0 Å². The molecular weight excluding hydrogens is 200 g/mol. The maximum absolute atomic E-state index is 10.3. The highest BCUT2D eigenvalue weighted by molar-refractivity contribution is 5.67. The molecule has 0 heterocycles. The third-order valence-electron chi connectivity index (χ3n) is 2.35. The summed E-state index contributed by atoms with van der Waals surface area (Å²) in [5, 5.41) is 8.47. The predicted molar refractivity (Wildman–Crippen MR) is 66.3 cm³/mol. The molecule has 0 atom stereocenters. The van der Waals surface area contributed by atoms with Crippen molar-refractivity contribution < 1.29 is 9.90 Å². The molecule has 1 rings (SSSR count). The van der Waals surface area contributed by atoms with Crippen LogP contribution in [0.5, 0.6) is 0 Å². The average Bonchev–Trinajstić information content (AvgIpc) is 2.27. The fourth-order valence-electron chi connectivity index (χ4n) is 1.51. The van der Waals surface area contributed by atoms with Gasteiger partial charge in [0.1, 0.15) is 0 Å². The smallest absolute Gasteiger partial charge is 0.303 e. The summed E-state index contributed by atoms with van der Waals surface area (Å²) >= 11 is 0. The topological polar surface area (TPSA) is 37.3 Å². The maximum atomic E-state index is 10.3. The molecule has 2 nitrogen and oxygen atoms in total. The summed E-state index contributed by atoms with van der Waals surface area (Å²) in [5.74, 6) is -0.747. The van der Waals surface area contributed by atoms with Crippen molar-refractivity contribution in [3.8, 4) is 0 Å². The Morgan fingerprint density at radius 1 is 1.31 bits per heavy atom. The molecule has 0 spiro atoms. The van der Waals surface area contributed by atoms with Crippen molar-refractivity contribution in [3.05, 3.63) is 41.5 Å². The molecule has 0 saturated heterocycles. The Hall–Kier alpha value is -1.57. The van der Waals surface area contributed by atoms with Crippen LogP contribution in [-0.4, -0.2) is 11.1 Å². The minimum atomic E-state index is -0.747. The lowest BCUT2D eigenvalue weighted by molar-refractivity contribution is -0.136. The highest BCUT2D eigenvalue weighted by Crippen LogP contribution is 2.08. The molecular formula is C14H18O2. The van der Waals surface area contributed by atoms with Gasteiger partial charge in [-0.2, -0.15) is 0 Å². The molecule has 0 aliphatic rings. The number of aliphatic carboxylic acids is 1.